The lowest BCUT2D eigenvalue weighted by molar-refractivity contribution is -0.0123. The molecule has 0 bridgehead atoms. The third-order valence-electron chi connectivity index (χ3n) is 2.60. The van der Waals surface area contributed by atoms with Gasteiger partial charge in [-0.1, -0.05) is 37.6 Å². The molecule has 0 atom stereocenters. The lowest BCUT2D eigenvalue weighted by atomic mass is 10.0. The van der Waals surface area contributed by atoms with Crippen molar-refractivity contribution in [3.8, 4) is 0 Å². The van der Waals surface area contributed by atoms with Crippen LogP contribution in [-0.2, 0) is 12.3 Å². The first-order chi connectivity index (χ1) is 7.60. The highest BCUT2D eigenvalue weighted by Gasteiger charge is 2.30. The molecule has 0 spiro atoms. The van der Waals surface area contributed by atoms with Gasteiger partial charge in [0.15, 0.2) is 0 Å². The minimum atomic E-state index is -2.73. The minimum Gasteiger partial charge on any atom is -0.320 e. The third-order valence-corrected chi connectivity index (χ3v) is 2.60. The van der Waals surface area contributed by atoms with Gasteiger partial charge in [0.2, 0.25) is 0 Å². The Morgan fingerprint density at radius 2 is 1.81 bits per heavy atom. The molecule has 0 fully saturated rings. The van der Waals surface area contributed by atoms with Crippen molar-refractivity contribution in [3.05, 3.63) is 35.4 Å². The van der Waals surface area contributed by atoms with Crippen LogP contribution in [0.1, 0.15) is 30.9 Å². The number of aryl methyl sites for hydroxylation is 1. The quantitative estimate of drug-likeness (QED) is 0.786. The second-order valence-corrected chi connectivity index (χ2v) is 4.00. The van der Waals surface area contributed by atoms with Crippen LogP contribution in [0.4, 0.5) is 8.78 Å². The minimum absolute atomic E-state index is 0.114. The topological polar surface area (TPSA) is 12.0 Å². The number of hydrogen-bond donors (Lipinski definition) is 1. The van der Waals surface area contributed by atoms with Crippen LogP contribution in [0.15, 0.2) is 24.3 Å². The molecule has 3 heteroatoms. The average molecular weight is 227 g/mol. The van der Waals surface area contributed by atoms with Gasteiger partial charge in [0, 0.05) is 18.5 Å². The summed E-state index contributed by atoms with van der Waals surface area (Å²) in [5, 5.41) is 2.75. The van der Waals surface area contributed by atoms with Crippen molar-refractivity contribution >= 4 is 0 Å². The summed E-state index contributed by atoms with van der Waals surface area (Å²) >= 11 is 0. The van der Waals surface area contributed by atoms with Crippen LogP contribution in [0.2, 0.25) is 0 Å². The Labute approximate surface area is 95.9 Å². The molecule has 1 rings (SSSR count). The summed E-state index contributed by atoms with van der Waals surface area (Å²) in [6.45, 7) is 2.40. The van der Waals surface area contributed by atoms with Crippen molar-refractivity contribution in [2.45, 2.75) is 32.1 Å². The van der Waals surface area contributed by atoms with Gasteiger partial charge in [-0.2, -0.15) is 0 Å². The molecule has 0 aliphatic heterocycles. The number of rotatable bonds is 6. The van der Waals surface area contributed by atoms with E-state index in [4.69, 9.17) is 0 Å². The molecule has 90 valence electrons. The molecule has 0 saturated heterocycles. The zero-order valence-corrected chi connectivity index (χ0v) is 9.89. The maximum Gasteiger partial charge on any atom is 0.274 e. The fourth-order valence-corrected chi connectivity index (χ4v) is 1.63. The highest BCUT2D eigenvalue weighted by molar-refractivity contribution is 5.25. The summed E-state index contributed by atoms with van der Waals surface area (Å²) in [5.41, 5.74) is 1.23. The van der Waals surface area contributed by atoms with Gasteiger partial charge in [0.25, 0.3) is 5.92 Å². The van der Waals surface area contributed by atoms with Crippen molar-refractivity contribution in [2.24, 2.45) is 0 Å². The molecular formula is C13H19F2N. The largest absolute Gasteiger partial charge is 0.320 e. The second-order valence-electron chi connectivity index (χ2n) is 4.00. The van der Waals surface area contributed by atoms with E-state index in [1.807, 2.05) is 0 Å². The van der Waals surface area contributed by atoms with Crippen molar-refractivity contribution < 1.29 is 8.78 Å². The Bertz CT molecular complexity index is 306. The molecule has 1 nitrogen and oxygen atoms in total. The first-order valence-corrected chi connectivity index (χ1v) is 5.72. The monoisotopic (exact) mass is 227 g/mol. The molecule has 0 aromatic heterocycles. The molecule has 1 aromatic rings. The van der Waals surface area contributed by atoms with Gasteiger partial charge in [0.05, 0.1) is 0 Å². The third kappa shape index (κ3) is 3.56. The van der Waals surface area contributed by atoms with Crippen LogP contribution in [0.5, 0.6) is 0 Å². The predicted molar refractivity (Wildman–Crippen MR) is 62.9 cm³/mol. The van der Waals surface area contributed by atoms with Crippen molar-refractivity contribution in [3.63, 3.8) is 0 Å². The van der Waals surface area contributed by atoms with Gasteiger partial charge in [-0.05, 0) is 19.0 Å². The molecule has 0 heterocycles. The summed E-state index contributed by atoms with van der Waals surface area (Å²) in [6, 6.07) is 6.68. The van der Waals surface area contributed by atoms with E-state index in [0.29, 0.717) is 6.54 Å². The number of nitrogens with one attached hydrogen (secondary N) is 1. The summed E-state index contributed by atoms with van der Waals surface area (Å²) in [5.74, 6) is -2.73. The maximum atomic E-state index is 13.6. The van der Waals surface area contributed by atoms with E-state index in [1.54, 1.807) is 31.3 Å². The van der Waals surface area contributed by atoms with Crippen molar-refractivity contribution in [1.29, 1.82) is 0 Å². The molecule has 1 N–H and O–H groups in total. The summed E-state index contributed by atoms with van der Waals surface area (Å²) in [6.07, 6.45) is 1.83. The van der Waals surface area contributed by atoms with Crippen LogP contribution in [-0.4, -0.2) is 13.6 Å². The zero-order chi connectivity index (χ0) is 12.0. The zero-order valence-electron chi connectivity index (χ0n) is 9.89. The summed E-state index contributed by atoms with van der Waals surface area (Å²) in [4.78, 5) is 0. The first kappa shape index (κ1) is 13.1. The number of halogens is 2. The Morgan fingerprint density at radius 1 is 1.19 bits per heavy atom. The lowest BCUT2D eigenvalue weighted by Crippen LogP contribution is -2.20. The molecule has 0 saturated carbocycles. The van der Waals surface area contributed by atoms with Crippen molar-refractivity contribution in [1.82, 2.24) is 5.32 Å². The van der Waals surface area contributed by atoms with E-state index in [0.717, 1.165) is 18.4 Å². The van der Waals surface area contributed by atoms with Gasteiger partial charge in [0.1, 0.15) is 0 Å². The van der Waals surface area contributed by atoms with Crippen LogP contribution < -0.4 is 5.32 Å². The second kappa shape index (κ2) is 5.94. The fraction of sp³-hybridized carbons (Fsp3) is 0.538. The number of benzene rings is 1. The number of hydrogen-bond acceptors (Lipinski definition) is 1. The molecule has 0 radical (unpaired) electrons. The fourth-order valence-electron chi connectivity index (χ4n) is 1.63. The SMILES string of the molecule is CCCc1ccc(C(F)(F)CCNC)cc1. The Morgan fingerprint density at radius 3 is 2.31 bits per heavy atom. The van der Waals surface area contributed by atoms with Crippen LogP contribution in [0.3, 0.4) is 0 Å². The molecule has 16 heavy (non-hydrogen) atoms. The van der Waals surface area contributed by atoms with Crippen LogP contribution >= 0.6 is 0 Å². The van der Waals surface area contributed by atoms with Crippen LogP contribution in [0, 0.1) is 0 Å². The van der Waals surface area contributed by atoms with E-state index >= 15 is 0 Å². The van der Waals surface area contributed by atoms with Gasteiger partial charge < -0.3 is 5.32 Å². The number of alkyl halides is 2. The summed E-state index contributed by atoms with van der Waals surface area (Å²) in [7, 11) is 1.68. The standard InChI is InChI=1S/C13H19F2N/c1-3-4-11-5-7-12(8-6-11)13(14,15)9-10-16-2/h5-8,16H,3-4,9-10H2,1-2H3. The Hall–Kier alpha value is -0.960. The Kier molecular flexibility index (Phi) is 4.87. The Balaban J connectivity index is 2.71. The molecule has 1 aromatic carbocycles. The smallest absolute Gasteiger partial charge is 0.274 e. The van der Waals surface area contributed by atoms with Crippen molar-refractivity contribution in [2.75, 3.05) is 13.6 Å². The molecule has 0 amide bonds. The van der Waals surface area contributed by atoms with Gasteiger partial charge >= 0.3 is 0 Å². The van der Waals surface area contributed by atoms with Gasteiger partial charge in [-0.15, -0.1) is 0 Å². The molecule has 0 aliphatic carbocycles. The van der Waals surface area contributed by atoms with Gasteiger partial charge in [-0.3, -0.25) is 0 Å². The maximum absolute atomic E-state index is 13.6. The lowest BCUT2D eigenvalue weighted by Gasteiger charge is -2.16. The van der Waals surface area contributed by atoms with E-state index in [2.05, 4.69) is 12.2 Å². The van der Waals surface area contributed by atoms with E-state index in [1.165, 1.54) is 0 Å². The first-order valence-electron chi connectivity index (χ1n) is 5.72. The highest BCUT2D eigenvalue weighted by atomic mass is 19.3. The molecular weight excluding hydrogens is 208 g/mol. The predicted octanol–water partition coefficient (Wildman–Crippen LogP) is 3.34. The van der Waals surface area contributed by atoms with E-state index in [-0.39, 0.29) is 12.0 Å². The highest BCUT2D eigenvalue weighted by Crippen LogP contribution is 2.31. The summed E-state index contributed by atoms with van der Waals surface area (Å²) < 4.78 is 27.2. The average Bonchev–Trinajstić information content (AvgIpc) is 2.28. The van der Waals surface area contributed by atoms with Gasteiger partial charge in [-0.25, -0.2) is 8.78 Å². The molecule has 0 unspecified atom stereocenters. The van der Waals surface area contributed by atoms with E-state index < -0.39 is 5.92 Å². The molecule has 0 aliphatic rings. The van der Waals surface area contributed by atoms with Crippen LogP contribution in [0.25, 0.3) is 0 Å². The van der Waals surface area contributed by atoms with E-state index in [9.17, 15) is 8.78 Å². The normalized spacial score (nSPS) is 11.8.